The first-order valence-corrected chi connectivity index (χ1v) is 13.8. The van der Waals surface area contributed by atoms with Crippen molar-refractivity contribution in [2.24, 2.45) is 0 Å². The summed E-state index contributed by atoms with van der Waals surface area (Å²) in [5.74, 6) is -0.944. The van der Waals surface area contributed by atoms with E-state index in [4.69, 9.17) is 0 Å². The van der Waals surface area contributed by atoms with E-state index in [1.807, 2.05) is 50.5 Å². The quantitative estimate of drug-likeness (QED) is 0.219. The molecular weight excluding hydrogens is 524 g/mol. The number of fused-ring (bicyclic) bond motifs is 4. The Morgan fingerprint density at radius 1 is 0.500 bits per heavy atom. The second-order valence-corrected chi connectivity index (χ2v) is 11.0. The number of rotatable bonds is 2. The topological polar surface area (TPSA) is 74.8 Å². The van der Waals surface area contributed by atoms with Crippen molar-refractivity contribution in [1.82, 2.24) is 0 Å². The number of carbonyl (C=O) groups excluding carboxylic acids is 4. The van der Waals surface area contributed by atoms with Crippen LogP contribution in [0.15, 0.2) is 96.1 Å². The Balaban J connectivity index is 1.19. The molecule has 0 N–H and O–H groups in total. The molecular formula is C36H26N2O4. The molecule has 3 aliphatic rings. The van der Waals surface area contributed by atoms with Crippen LogP contribution in [-0.2, 0) is 13.1 Å². The molecule has 0 aromatic heterocycles. The fourth-order valence-corrected chi connectivity index (χ4v) is 6.14. The summed E-state index contributed by atoms with van der Waals surface area (Å²) < 4.78 is 0. The van der Waals surface area contributed by atoms with Crippen LogP contribution in [0.5, 0.6) is 0 Å². The first-order valence-electron chi connectivity index (χ1n) is 13.8. The van der Waals surface area contributed by atoms with Gasteiger partial charge in [-0.15, -0.1) is 0 Å². The summed E-state index contributed by atoms with van der Waals surface area (Å²) in [7, 11) is 4.05. The molecule has 0 fully saturated rings. The van der Waals surface area contributed by atoms with Gasteiger partial charge < -0.3 is 9.80 Å². The molecule has 4 aromatic carbocycles. The van der Waals surface area contributed by atoms with Crippen molar-refractivity contribution in [3.63, 3.8) is 0 Å². The van der Waals surface area contributed by atoms with E-state index in [-0.39, 0.29) is 34.3 Å². The fraction of sp³-hybridized carbons (Fsp3) is 0.111. The van der Waals surface area contributed by atoms with Crippen molar-refractivity contribution in [2.75, 3.05) is 23.9 Å². The minimum Gasteiger partial charge on any atom is -0.370 e. The monoisotopic (exact) mass is 550 g/mol. The molecule has 1 aliphatic heterocycles. The first-order chi connectivity index (χ1) is 20.3. The molecule has 0 unspecified atom stereocenters. The smallest absolute Gasteiger partial charge is 0.197 e. The third-order valence-electron chi connectivity index (χ3n) is 8.29. The maximum Gasteiger partial charge on any atom is 0.197 e. The van der Waals surface area contributed by atoms with E-state index in [0.717, 1.165) is 33.6 Å². The second kappa shape index (κ2) is 9.63. The summed E-state index contributed by atoms with van der Waals surface area (Å²) in [6.07, 6.45) is 3.39. The molecule has 0 saturated carbocycles. The number of hydrogen-bond donors (Lipinski definition) is 0. The number of ketones is 4. The van der Waals surface area contributed by atoms with E-state index >= 15 is 0 Å². The van der Waals surface area contributed by atoms with Crippen molar-refractivity contribution in [2.45, 2.75) is 13.1 Å². The minimum absolute atomic E-state index is 0.191. The van der Waals surface area contributed by atoms with Gasteiger partial charge in [-0.3, -0.25) is 19.2 Å². The summed E-state index contributed by atoms with van der Waals surface area (Å²) >= 11 is 0. The largest absolute Gasteiger partial charge is 0.370 e. The highest BCUT2D eigenvalue weighted by molar-refractivity contribution is 6.42. The highest BCUT2D eigenvalue weighted by Gasteiger charge is 2.33. The number of anilines is 2. The SMILES string of the molecule is CN1Cc2ccc(C=C3C(=O)c4ccccc4C3=O)cc2N(C)Cc2ccc(C=C3C(=O)c4ccccc4C3=O)cc21. The van der Waals surface area contributed by atoms with Crippen LogP contribution in [0.3, 0.4) is 0 Å². The number of allylic oxidation sites excluding steroid dienone is 2. The Hall–Kier alpha value is -5.36. The van der Waals surface area contributed by atoms with Crippen LogP contribution in [0.4, 0.5) is 11.4 Å². The molecule has 0 spiro atoms. The lowest BCUT2D eigenvalue weighted by molar-refractivity contribution is 0.0975. The van der Waals surface area contributed by atoms with Crippen LogP contribution < -0.4 is 9.80 Å². The van der Waals surface area contributed by atoms with E-state index in [2.05, 4.69) is 9.80 Å². The summed E-state index contributed by atoms with van der Waals surface area (Å²) in [6.45, 7) is 1.24. The lowest BCUT2D eigenvalue weighted by Crippen LogP contribution is -2.27. The van der Waals surface area contributed by atoms with E-state index in [1.165, 1.54) is 0 Å². The van der Waals surface area contributed by atoms with Crippen molar-refractivity contribution in [3.8, 4) is 0 Å². The van der Waals surface area contributed by atoms with Gasteiger partial charge in [0.2, 0.25) is 0 Å². The average molecular weight is 551 g/mol. The lowest BCUT2D eigenvalue weighted by Gasteiger charge is -2.32. The molecule has 204 valence electrons. The maximum absolute atomic E-state index is 12.9. The molecule has 1 heterocycles. The van der Waals surface area contributed by atoms with Crippen molar-refractivity contribution in [1.29, 1.82) is 0 Å². The van der Waals surface area contributed by atoms with Gasteiger partial charge in [0.25, 0.3) is 0 Å². The number of nitrogens with zero attached hydrogens (tertiary/aromatic N) is 2. The Bertz CT molecular complexity index is 1730. The van der Waals surface area contributed by atoms with Gasteiger partial charge in [-0.25, -0.2) is 0 Å². The van der Waals surface area contributed by atoms with Gasteiger partial charge in [0.05, 0.1) is 11.1 Å². The third-order valence-corrected chi connectivity index (χ3v) is 8.29. The molecule has 7 rings (SSSR count). The fourth-order valence-electron chi connectivity index (χ4n) is 6.14. The highest BCUT2D eigenvalue weighted by Crippen LogP contribution is 2.35. The van der Waals surface area contributed by atoms with Crippen LogP contribution in [0, 0.1) is 0 Å². The zero-order valence-electron chi connectivity index (χ0n) is 23.2. The van der Waals surface area contributed by atoms with Gasteiger partial charge in [0.1, 0.15) is 0 Å². The van der Waals surface area contributed by atoms with Crippen molar-refractivity contribution < 1.29 is 19.2 Å². The molecule has 6 heteroatoms. The summed E-state index contributed by atoms with van der Waals surface area (Å²) in [6, 6.07) is 25.9. The highest BCUT2D eigenvalue weighted by atomic mass is 16.2. The van der Waals surface area contributed by atoms with Crippen LogP contribution >= 0.6 is 0 Å². The summed E-state index contributed by atoms with van der Waals surface area (Å²) in [5, 5.41) is 0. The molecule has 0 atom stereocenters. The second-order valence-electron chi connectivity index (χ2n) is 11.0. The Kier molecular flexibility index (Phi) is 5.87. The Morgan fingerprint density at radius 3 is 1.17 bits per heavy atom. The van der Waals surface area contributed by atoms with Gasteiger partial charge in [0, 0.05) is 60.8 Å². The van der Waals surface area contributed by atoms with E-state index in [1.54, 1.807) is 60.7 Å². The van der Waals surface area contributed by atoms with Crippen LogP contribution in [-0.4, -0.2) is 37.2 Å². The third kappa shape index (κ3) is 4.03. The maximum atomic E-state index is 12.9. The average Bonchev–Trinajstić information content (AvgIpc) is 3.38. The van der Waals surface area contributed by atoms with E-state index < -0.39 is 0 Å². The van der Waals surface area contributed by atoms with Crippen molar-refractivity contribution >= 4 is 46.7 Å². The Morgan fingerprint density at radius 2 is 0.833 bits per heavy atom. The van der Waals surface area contributed by atoms with Gasteiger partial charge in [-0.05, 0) is 46.5 Å². The standard InChI is InChI=1S/C36H26N2O4/c1-37-19-23-13-11-22(16-30-35(41)27-9-5-6-10-28(27)36(30)42)18-32(23)38(2)20-24-14-12-21(17-31(24)37)15-29-33(39)25-7-3-4-8-26(25)34(29)40/h3-18H,19-20H2,1-2H3. The zero-order chi connectivity index (χ0) is 29.1. The minimum atomic E-state index is -0.236. The molecule has 6 nitrogen and oxygen atoms in total. The first kappa shape index (κ1) is 25.6. The zero-order valence-corrected chi connectivity index (χ0v) is 23.2. The van der Waals surface area contributed by atoms with Crippen LogP contribution in [0.25, 0.3) is 12.2 Å². The van der Waals surface area contributed by atoms with Crippen LogP contribution in [0.1, 0.15) is 63.7 Å². The number of benzene rings is 4. The van der Waals surface area contributed by atoms with Gasteiger partial charge in [-0.2, -0.15) is 0 Å². The number of carbonyl (C=O) groups is 4. The van der Waals surface area contributed by atoms with E-state index in [0.29, 0.717) is 35.3 Å². The van der Waals surface area contributed by atoms with Gasteiger partial charge in [-0.1, -0.05) is 72.8 Å². The normalized spacial score (nSPS) is 15.7. The van der Waals surface area contributed by atoms with Gasteiger partial charge in [0.15, 0.2) is 23.1 Å². The lowest BCUT2D eigenvalue weighted by atomic mass is 9.99. The van der Waals surface area contributed by atoms with Crippen molar-refractivity contribution in [3.05, 3.63) is 141 Å². The molecule has 4 aromatic rings. The number of hydrogen-bond acceptors (Lipinski definition) is 6. The molecule has 0 bridgehead atoms. The molecule has 2 aliphatic carbocycles. The summed E-state index contributed by atoms with van der Waals surface area (Å²) in [5.41, 5.74) is 8.02. The molecule has 0 radical (unpaired) electrons. The van der Waals surface area contributed by atoms with Gasteiger partial charge >= 0.3 is 0 Å². The predicted octanol–water partition coefficient (Wildman–Crippen LogP) is 6.20. The predicted molar refractivity (Wildman–Crippen MR) is 163 cm³/mol. The number of Topliss-reactive ketones (excluding diaryl/α,β-unsaturated/α-hetero) is 4. The molecule has 0 amide bonds. The molecule has 42 heavy (non-hydrogen) atoms. The molecule has 0 saturated heterocycles. The Labute approximate surface area is 243 Å². The summed E-state index contributed by atoms with van der Waals surface area (Å²) in [4.78, 5) is 56.0. The van der Waals surface area contributed by atoms with E-state index in [9.17, 15) is 19.2 Å². The van der Waals surface area contributed by atoms with Crippen LogP contribution in [0.2, 0.25) is 0 Å².